The molecule has 0 saturated heterocycles. The highest BCUT2D eigenvalue weighted by molar-refractivity contribution is 6.17. The van der Waals surface area contributed by atoms with Gasteiger partial charge in [-0.3, -0.25) is 0 Å². The quantitative estimate of drug-likeness (QED) is 0.184. The first-order valence-corrected chi connectivity index (χ1v) is 16.9. The zero-order valence-electron chi connectivity index (χ0n) is 27.2. The molecule has 1 atom stereocenters. The number of aliphatic imine (C=N–C) groups is 2. The highest BCUT2D eigenvalue weighted by Crippen LogP contribution is 2.39. The number of para-hydroxylation sites is 1. The predicted octanol–water partition coefficient (Wildman–Crippen LogP) is 10.9. The van der Waals surface area contributed by atoms with Crippen molar-refractivity contribution in [3.05, 3.63) is 199 Å². The predicted molar refractivity (Wildman–Crippen MR) is 207 cm³/mol. The summed E-state index contributed by atoms with van der Waals surface area (Å²) in [5, 5.41) is 7.06. The molecule has 1 N–H and O–H groups in total. The van der Waals surface area contributed by atoms with E-state index in [0.29, 0.717) is 5.84 Å². The Labute approximate surface area is 291 Å². The summed E-state index contributed by atoms with van der Waals surface area (Å²) in [4.78, 5) is 15.3. The van der Waals surface area contributed by atoms with E-state index in [0.717, 1.165) is 66.8 Å². The summed E-state index contributed by atoms with van der Waals surface area (Å²) in [6.45, 7) is 0. The fourth-order valence-electron chi connectivity index (χ4n) is 6.89. The third-order valence-electron chi connectivity index (χ3n) is 9.31. The third kappa shape index (κ3) is 5.53. The maximum Gasteiger partial charge on any atom is 0.159 e. The first-order chi connectivity index (χ1) is 24.8. The largest absolute Gasteiger partial charge is 0.344 e. The van der Waals surface area contributed by atoms with Crippen LogP contribution in [0.3, 0.4) is 0 Å². The lowest BCUT2D eigenvalue weighted by molar-refractivity contribution is 0.674. The van der Waals surface area contributed by atoms with E-state index < -0.39 is 0 Å². The number of pyridine rings is 1. The Hall–Kier alpha value is -6.65. The van der Waals surface area contributed by atoms with Gasteiger partial charge in [0, 0.05) is 32.8 Å². The first kappa shape index (κ1) is 29.5. The van der Waals surface area contributed by atoms with E-state index in [1.165, 1.54) is 10.9 Å². The lowest BCUT2D eigenvalue weighted by Crippen LogP contribution is -2.33. The Kier molecular flexibility index (Phi) is 7.52. The van der Waals surface area contributed by atoms with Gasteiger partial charge in [0.2, 0.25) is 0 Å². The summed E-state index contributed by atoms with van der Waals surface area (Å²) < 4.78 is 0. The van der Waals surface area contributed by atoms with Gasteiger partial charge in [-0.2, -0.15) is 0 Å². The molecule has 2 heterocycles. The summed E-state index contributed by atoms with van der Waals surface area (Å²) in [6, 6.07) is 63.5. The van der Waals surface area contributed by atoms with Crippen LogP contribution in [0.4, 0.5) is 0 Å². The van der Waals surface area contributed by atoms with Crippen LogP contribution in [0.15, 0.2) is 192 Å². The third-order valence-corrected chi connectivity index (χ3v) is 9.31. The summed E-state index contributed by atoms with van der Waals surface area (Å²) in [7, 11) is 0. The molecule has 0 aliphatic carbocycles. The second-order valence-electron chi connectivity index (χ2n) is 12.5. The topological polar surface area (TPSA) is 49.6 Å². The minimum atomic E-state index is -0.248. The Balaban J connectivity index is 1.15. The van der Waals surface area contributed by atoms with Crippen LogP contribution in [0.2, 0.25) is 0 Å². The molecule has 1 aliphatic rings. The Bertz CT molecular complexity index is 2560. The molecule has 4 nitrogen and oxygen atoms in total. The van der Waals surface area contributed by atoms with E-state index in [1.54, 1.807) is 0 Å². The monoisotopic (exact) mass is 640 g/mol. The van der Waals surface area contributed by atoms with Gasteiger partial charge >= 0.3 is 0 Å². The molecule has 0 fully saturated rings. The summed E-state index contributed by atoms with van der Waals surface area (Å²) in [5.41, 5.74) is 10.8. The molecular formula is C46H32N4. The molecule has 1 aromatic heterocycles. The number of aromatic nitrogens is 1. The Morgan fingerprint density at radius 3 is 1.76 bits per heavy atom. The number of benzene rings is 7. The molecule has 236 valence electrons. The lowest BCUT2D eigenvalue weighted by Gasteiger charge is -2.23. The second kappa shape index (κ2) is 12.8. The van der Waals surface area contributed by atoms with Crippen molar-refractivity contribution in [3.63, 3.8) is 0 Å². The van der Waals surface area contributed by atoms with E-state index in [4.69, 9.17) is 15.0 Å². The minimum absolute atomic E-state index is 0.248. The molecule has 9 rings (SSSR count). The van der Waals surface area contributed by atoms with E-state index in [9.17, 15) is 0 Å². The number of fused-ring (bicyclic) bond motifs is 3. The number of hydrogen-bond acceptors (Lipinski definition) is 4. The summed E-state index contributed by atoms with van der Waals surface area (Å²) in [5.74, 6) is 1.51. The van der Waals surface area contributed by atoms with Crippen molar-refractivity contribution < 1.29 is 0 Å². The van der Waals surface area contributed by atoms with Gasteiger partial charge < -0.3 is 5.32 Å². The Morgan fingerprint density at radius 2 is 1.00 bits per heavy atom. The molecule has 1 aliphatic heterocycles. The van der Waals surface area contributed by atoms with E-state index >= 15 is 0 Å². The van der Waals surface area contributed by atoms with Crippen LogP contribution in [0.5, 0.6) is 0 Å². The minimum Gasteiger partial charge on any atom is -0.344 e. The highest BCUT2D eigenvalue weighted by atomic mass is 15.2. The normalized spacial score (nSPS) is 14.2. The molecule has 0 bridgehead atoms. The molecule has 4 heteroatoms. The summed E-state index contributed by atoms with van der Waals surface area (Å²) in [6.07, 6.45) is -0.248. The fourth-order valence-corrected chi connectivity index (χ4v) is 6.89. The average molecular weight is 641 g/mol. The van der Waals surface area contributed by atoms with Crippen molar-refractivity contribution in [2.75, 3.05) is 0 Å². The number of amidine groups is 2. The summed E-state index contributed by atoms with van der Waals surface area (Å²) >= 11 is 0. The van der Waals surface area contributed by atoms with Crippen molar-refractivity contribution in [3.8, 4) is 33.5 Å². The van der Waals surface area contributed by atoms with E-state index in [2.05, 4.69) is 145 Å². The van der Waals surface area contributed by atoms with E-state index in [1.807, 2.05) is 42.5 Å². The number of hydrogen-bond donors (Lipinski definition) is 1. The van der Waals surface area contributed by atoms with Gasteiger partial charge in [0.15, 0.2) is 5.84 Å². The van der Waals surface area contributed by atoms with Gasteiger partial charge in [0.25, 0.3) is 0 Å². The zero-order chi connectivity index (χ0) is 33.3. The molecule has 0 spiro atoms. The fraction of sp³-hybridized carbons (Fsp3) is 0.0217. The van der Waals surface area contributed by atoms with Crippen LogP contribution in [0.1, 0.15) is 22.9 Å². The van der Waals surface area contributed by atoms with E-state index in [-0.39, 0.29) is 6.17 Å². The van der Waals surface area contributed by atoms with Gasteiger partial charge in [-0.1, -0.05) is 164 Å². The molecule has 0 unspecified atom stereocenters. The molecule has 0 saturated carbocycles. The van der Waals surface area contributed by atoms with Gasteiger partial charge in [0.05, 0.1) is 11.2 Å². The lowest BCUT2D eigenvalue weighted by atomic mass is 9.91. The smallest absolute Gasteiger partial charge is 0.159 e. The van der Waals surface area contributed by atoms with Crippen LogP contribution >= 0.6 is 0 Å². The van der Waals surface area contributed by atoms with Crippen molar-refractivity contribution >= 4 is 33.3 Å². The average Bonchev–Trinajstić information content (AvgIpc) is 3.21. The highest BCUT2D eigenvalue weighted by Gasteiger charge is 2.21. The first-order valence-electron chi connectivity index (χ1n) is 16.9. The van der Waals surface area contributed by atoms with Crippen molar-refractivity contribution in [1.82, 2.24) is 10.3 Å². The van der Waals surface area contributed by atoms with Gasteiger partial charge in [-0.15, -0.1) is 0 Å². The van der Waals surface area contributed by atoms with Crippen LogP contribution in [-0.2, 0) is 0 Å². The van der Waals surface area contributed by atoms with Gasteiger partial charge in [0.1, 0.15) is 12.0 Å². The molecule has 0 amide bonds. The van der Waals surface area contributed by atoms with Crippen LogP contribution in [0, 0.1) is 0 Å². The van der Waals surface area contributed by atoms with Crippen LogP contribution in [0.25, 0.3) is 55.2 Å². The molecule has 0 radical (unpaired) electrons. The maximum atomic E-state index is 5.15. The van der Waals surface area contributed by atoms with Crippen LogP contribution < -0.4 is 5.32 Å². The number of rotatable bonds is 6. The standard InChI is InChI=1S/C46H32N4/c1-4-15-31(16-5-1)43-40-27-14-26-38(42(40)39-25-10-11-28-41(39)47-43)36-23-12-21-34(29-36)35-22-13-24-37(30-35)46-49-44(32-17-6-2-7-18-32)48-45(50-46)33-19-8-3-9-20-33/h1-30,44H,(H,48,49,50)/t44-/m1/s1. The molecule has 7 aromatic carbocycles. The van der Waals surface area contributed by atoms with Crippen molar-refractivity contribution in [1.29, 1.82) is 0 Å². The Morgan fingerprint density at radius 1 is 0.440 bits per heavy atom. The SMILES string of the molecule is c1ccc(C2=NC(c3cccc(-c4cccc(-c5cccc6c(-c7ccccc7)nc7ccccc7c56)c4)c3)=N[C@H](c3ccccc3)N2)cc1. The number of nitrogens with one attached hydrogen (secondary N) is 1. The van der Waals surface area contributed by atoms with Crippen LogP contribution in [-0.4, -0.2) is 16.7 Å². The van der Waals surface area contributed by atoms with Gasteiger partial charge in [-0.05, 0) is 46.0 Å². The molecule has 50 heavy (non-hydrogen) atoms. The van der Waals surface area contributed by atoms with Gasteiger partial charge in [-0.25, -0.2) is 15.0 Å². The second-order valence-corrected chi connectivity index (χ2v) is 12.5. The van der Waals surface area contributed by atoms with Crippen molar-refractivity contribution in [2.45, 2.75) is 6.17 Å². The molecule has 8 aromatic rings. The maximum absolute atomic E-state index is 5.15. The molecular weight excluding hydrogens is 609 g/mol. The zero-order valence-corrected chi connectivity index (χ0v) is 27.2. The number of nitrogens with zero attached hydrogens (tertiary/aromatic N) is 3. The van der Waals surface area contributed by atoms with Crippen molar-refractivity contribution in [2.24, 2.45) is 9.98 Å².